The molecule has 0 aliphatic heterocycles. The molecular formula is C96H66BBrCl3NO2. The van der Waals surface area contributed by atoms with Gasteiger partial charge in [-0.15, -0.1) is 0 Å². The van der Waals surface area contributed by atoms with Gasteiger partial charge in [0, 0.05) is 30.9 Å². The summed E-state index contributed by atoms with van der Waals surface area (Å²) in [6.07, 6.45) is 0. The second-order valence-corrected chi connectivity index (χ2v) is 27.7. The maximum absolute atomic E-state index is 8.63. The first-order valence-electron chi connectivity index (χ1n) is 34.4. The Kier molecular flexibility index (Phi) is 20.7. The molecule has 8 heteroatoms. The predicted molar refractivity (Wildman–Crippen MR) is 454 cm³/mol. The van der Waals surface area contributed by atoms with E-state index in [2.05, 4.69) is 343 Å². The third kappa shape index (κ3) is 15.1. The maximum atomic E-state index is 8.63. The van der Waals surface area contributed by atoms with Crippen LogP contribution in [-0.2, 0) is 0 Å². The minimum Gasteiger partial charge on any atom is -0.423 e. The summed E-state index contributed by atoms with van der Waals surface area (Å²) in [5.41, 5.74) is 12.4. The van der Waals surface area contributed by atoms with E-state index in [1.54, 1.807) is 24.3 Å². The number of anilines is 2. The molecule has 0 aliphatic carbocycles. The first-order chi connectivity index (χ1) is 51.0. The SMILES string of the molecule is Brc1ccc2c3ccccc3c3ccccc3c2c1.Clc1ccc(-c2ccc3c4ccccc4c4ccccc4c3c2)cc1.Clc1ccc(-c2ccc3c4ccccc4c4ccccc4c3c2)cc1.OB(O)c1ccc(Cl)cc1.c1ccc(-c2ccc(Nc3ccc(-c4ccccc4)cc3)cc2)cc1. The van der Waals surface area contributed by atoms with E-state index >= 15 is 0 Å². The van der Waals surface area contributed by atoms with Gasteiger partial charge in [-0.05, 0) is 232 Å². The topological polar surface area (TPSA) is 52.5 Å². The van der Waals surface area contributed by atoms with E-state index in [4.69, 9.17) is 44.9 Å². The molecule has 498 valence electrons. The van der Waals surface area contributed by atoms with Gasteiger partial charge in [-0.2, -0.15) is 0 Å². The first-order valence-corrected chi connectivity index (χ1v) is 36.3. The molecule has 0 heterocycles. The third-order valence-electron chi connectivity index (χ3n) is 19.0. The zero-order valence-electron chi connectivity index (χ0n) is 56.4. The summed E-state index contributed by atoms with van der Waals surface area (Å²) in [4.78, 5) is 0. The molecule has 104 heavy (non-hydrogen) atoms. The Morgan fingerprint density at radius 3 is 0.712 bits per heavy atom. The van der Waals surface area contributed by atoms with Crippen LogP contribution in [-0.4, -0.2) is 17.2 Å². The van der Waals surface area contributed by atoms with E-state index in [0.717, 1.165) is 25.9 Å². The van der Waals surface area contributed by atoms with Gasteiger partial charge in [0.05, 0.1) is 0 Å². The first kappa shape index (κ1) is 68.4. The van der Waals surface area contributed by atoms with Crippen molar-refractivity contribution in [3.63, 3.8) is 0 Å². The van der Waals surface area contributed by atoms with Crippen molar-refractivity contribution < 1.29 is 10.0 Å². The van der Waals surface area contributed by atoms with E-state index in [9.17, 15) is 0 Å². The minimum absolute atomic E-state index is 0.449. The molecule has 0 saturated carbocycles. The van der Waals surface area contributed by atoms with Crippen LogP contribution in [0.25, 0.3) is 141 Å². The lowest BCUT2D eigenvalue weighted by molar-refractivity contribution is 0.426. The standard InChI is InChI=1S/2C24H15Cl.C24H19N.C18H11Br.C6H6BClO2/c2*25-18-12-9-16(10-13-18)17-11-14-23-21-7-2-1-5-19(21)20-6-3-4-8-22(20)24(23)15-17;1-3-7-19(8-4-1)21-11-15-23(16-12-21)25-24-17-13-22(14-18-24)20-9-5-2-6-10-20;19-12-9-10-17-15-7-2-1-5-13(15)14-6-3-4-8-16(14)18(17)11-12;8-6-3-1-5(2-4-6)7(9)10/h2*1-15H;1-18,25H;1-11H;1-4,9-10H. The molecule has 0 unspecified atom stereocenters. The summed E-state index contributed by atoms with van der Waals surface area (Å²) < 4.78 is 1.13. The summed E-state index contributed by atoms with van der Waals surface area (Å²) in [6.45, 7) is 0. The van der Waals surface area contributed by atoms with E-state index in [0.29, 0.717) is 10.5 Å². The summed E-state index contributed by atoms with van der Waals surface area (Å²) in [6, 6.07) is 132. The predicted octanol–water partition coefficient (Wildman–Crippen LogP) is 27.6. The van der Waals surface area contributed by atoms with Crippen molar-refractivity contribution in [1.29, 1.82) is 0 Å². The van der Waals surface area contributed by atoms with Crippen molar-refractivity contribution in [1.82, 2.24) is 0 Å². The second kappa shape index (κ2) is 31.5. The molecule has 0 spiro atoms. The van der Waals surface area contributed by atoms with Crippen LogP contribution in [0.4, 0.5) is 11.4 Å². The summed E-state index contributed by atoms with van der Waals surface area (Å²) in [5.74, 6) is 0. The number of halogens is 4. The maximum Gasteiger partial charge on any atom is 0.488 e. The molecule has 0 fully saturated rings. The fraction of sp³-hybridized carbons (Fsp3) is 0. The molecule has 19 aromatic carbocycles. The summed E-state index contributed by atoms with van der Waals surface area (Å²) >= 11 is 21.2. The molecule has 0 aliphatic rings. The fourth-order valence-electron chi connectivity index (χ4n) is 13.9. The Bertz CT molecular complexity index is 5860. The average molecular weight is 1460 g/mol. The normalized spacial score (nSPS) is 11.0. The van der Waals surface area contributed by atoms with Crippen molar-refractivity contribution in [2.45, 2.75) is 0 Å². The highest BCUT2D eigenvalue weighted by atomic mass is 79.9. The number of nitrogens with one attached hydrogen (secondary N) is 1. The number of rotatable bonds is 7. The van der Waals surface area contributed by atoms with E-state index < -0.39 is 7.12 Å². The van der Waals surface area contributed by atoms with Gasteiger partial charge in [-0.3, -0.25) is 0 Å². The Balaban J connectivity index is 0.000000107. The van der Waals surface area contributed by atoms with Crippen LogP contribution in [0.2, 0.25) is 15.1 Å². The van der Waals surface area contributed by atoms with E-state index in [1.165, 1.54) is 141 Å². The van der Waals surface area contributed by atoms with Crippen molar-refractivity contribution >= 4 is 172 Å². The molecule has 0 aromatic heterocycles. The van der Waals surface area contributed by atoms with E-state index in [1.807, 2.05) is 36.4 Å². The highest BCUT2D eigenvalue weighted by Gasteiger charge is 2.14. The zero-order valence-corrected chi connectivity index (χ0v) is 60.2. The van der Waals surface area contributed by atoms with Crippen LogP contribution in [0.1, 0.15) is 0 Å². The zero-order chi connectivity index (χ0) is 70.9. The highest BCUT2D eigenvalue weighted by molar-refractivity contribution is 9.10. The smallest absolute Gasteiger partial charge is 0.423 e. The molecular weight excluding hydrogens is 1400 g/mol. The Labute approximate surface area is 628 Å². The molecule has 0 bridgehead atoms. The number of hydrogen-bond acceptors (Lipinski definition) is 3. The lowest BCUT2D eigenvalue weighted by atomic mass is 9.81. The molecule has 0 atom stereocenters. The van der Waals surface area contributed by atoms with Gasteiger partial charge >= 0.3 is 7.12 Å². The van der Waals surface area contributed by atoms with Gasteiger partial charge in [0.25, 0.3) is 0 Å². The Morgan fingerprint density at radius 2 is 0.413 bits per heavy atom. The number of fused-ring (bicyclic) bond motifs is 18. The largest absolute Gasteiger partial charge is 0.488 e. The van der Waals surface area contributed by atoms with Gasteiger partial charge in [0.2, 0.25) is 0 Å². The molecule has 3 N–H and O–H groups in total. The molecule has 19 aromatic rings. The van der Waals surface area contributed by atoms with Crippen molar-refractivity contribution in [2.75, 3.05) is 5.32 Å². The molecule has 0 radical (unpaired) electrons. The van der Waals surface area contributed by atoms with Crippen molar-refractivity contribution in [2.24, 2.45) is 0 Å². The molecule has 0 saturated heterocycles. The van der Waals surface area contributed by atoms with Crippen LogP contribution >= 0.6 is 50.7 Å². The van der Waals surface area contributed by atoms with Gasteiger partial charge < -0.3 is 15.4 Å². The van der Waals surface area contributed by atoms with Crippen LogP contribution in [0.15, 0.2) is 387 Å². The Hall–Kier alpha value is -11.3. The monoisotopic (exact) mass is 1460 g/mol. The Morgan fingerprint density at radius 1 is 0.202 bits per heavy atom. The molecule has 0 amide bonds. The minimum atomic E-state index is -1.41. The molecule has 19 rings (SSSR count). The highest BCUT2D eigenvalue weighted by Crippen LogP contribution is 2.41. The fourth-order valence-corrected chi connectivity index (χ4v) is 14.6. The van der Waals surface area contributed by atoms with Crippen molar-refractivity contribution in [3.8, 4) is 44.5 Å². The van der Waals surface area contributed by atoms with Gasteiger partial charge in [0.1, 0.15) is 0 Å². The quantitative estimate of drug-likeness (QED) is 0.110. The number of hydrogen-bond donors (Lipinski definition) is 3. The van der Waals surface area contributed by atoms with Crippen LogP contribution in [0, 0.1) is 0 Å². The average Bonchev–Trinajstić information content (AvgIpc) is 0.757. The van der Waals surface area contributed by atoms with Gasteiger partial charge in [-0.25, -0.2) is 0 Å². The number of benzene rings is 19. The summed E-state index contributed by atoms with van der Waals surface area (Å²) in [7, 11) is -1.41. The summed E-state index contributed by atoms with van der Waals surface area (Å²) in [5, 5.41) is 46.4. The van der Waals surface area contributed by atoms with Gasteiger partial charge in [-0.1, -0.05) is 348 Å². The second-order valence-electron chi connectivity index (χ2n) is 25.4. The lowest BCUT2D eigenvalue weighted by Crippen LogP contribution is -2.29. The molecule has 3 nitrogen and oxygen atoms in total. The third-order valence-corrected chi connectivity index (χ3v) is 20.2. The van der Waals surface area contributed by atoms with Crippen LogP contribution < -0.4 is 10.8 Å². The van der Waals surface area contributed by atoms with Gasteiger partial charge in [0.15, 0.2) is 0 Å². The van der Waals surface area contributed by atoms with Crippen LogP contribution in [0.3, 0.4) is 0 Å². The van der Waals surface area contributed by atoms with E-state index in [-0.39, 0.29) is 0 Å². The van der Waals surface area contributed by atoms with Crippen molar-refractivity contribution in [3.05, 3.63) is 402 Å². The van der Waals surface area contributed by atoms with Crippen LogP contribution in [0.5, 0.6) is 0 Å². The lowest BCUT2D eigenvalue weighted by Gasteiger charge is -2.12.